The summed E-state index contributed by atoms with van der Waals surface area (Å²) in [5.74, 6) is 0.280. The van der Waals surface area contributed by atoms with Crippen LogP contribution in [-0.2, 0) is 9.53 Å². The molecule has 0 bridgehead atoms. The molecule has 0 saturated carbocycles. The van der Waals surface area contributed by atoms with Crippen molar-refractivity contribution < 1.29 is 14.5 Å². The molecule has 0 aliphatic heterocycles. The van der Waals surface area contributed by atoms with Crippen molar-refractivity contribution in [1.82, 2.24) is 4.98 Å². The predicted molar refractivity (Wildman–Crippen MR) is 65.5 cm³/mol. The number of aromatic nitrogens is 1. The maximum atomic E-state index is 11.0. The van der Waals surface area contributed by atoms with Crippen molar-refractivity contribution in [2.24, 2.45) is 0 Å². The van der Waals surface area contributed by atoms with Crippen molar-refractivity contribution in [2.75, 3.05) is 25.6 Å². The summed E-state index contributed by atoms with van der Waals surface area (Å²) < 4.78 is 4.54. The highest BCUT2D eigenvalue weighted by atomic mass is 16.6. The van der Waals surface area contributed by atoms with Gasteiger partial charge < -0.3 is 9.64 Å². The molecule has 1 aromatic heterocycles. The number of rotatable bonds is 5. The van der Waals surface area contributed by atoms with Gasteiger partial charge in [0.2, 0.25) is 0 Å². The lowest BCUT2D eigenvalue weighted by Crippen LogP contribution is -2.22. The third-order valence-corrected chi connectivity index (χ3v) is 2.54. The Balaban J connectivity index is 2.75. The van der Waals surface area contributed by atoms with Gasteiger partial charge in [-0.2, -0.15) is 0 Å². The fourth-order valence-corrected chi connectivity index (χ4v) is 1.41. The van der Waals surface area contributed by atoms with Crippen LogP contribution in [-0.4, -0.2) is 36.6 Å². The number of nitrogens with zero attached hydrogens (tertiary/aromatic N) is 3. The highest BCUT2D eigenvalue weighted by molar-refractivity contribution is 5.69. The topological polar surface area (TPSA) is 85.6 Å². The van der Waals surface area contributed by atoms with Crippen LogP contribution >= 0.6 is 0 Å². The maximum absolute atomic E-state index is 11.0. The lowest BCUT2D eigenvalue weighted by atomic mass is 10.2. The molecule has 1 heterocycles. The van der Waals surface area contributed by atoms with E-state index in [4.69, 9.17) is 0 Å². The highest BCUT2D eigenvalue weighted by Crippen LogP contribution is 2.20. The molecule has 7 heteroatoms. The van der Waals surface area contributed by atoms with Crippen LogP contribution in [0.1, 0.15) is 12.0 Å². The summed E-state index contributed by atoms with van der Waals surface area (Å²) in [6.45, 7) is 2.09. The summed E-state index contributed by atoms with van der Waals surface area (Å²) in [7, 11) is 3.09. The molecule has 0 aromatic carbocycles. The Hall–Kier alpha value is -2.18. The number of methoxy groups -OCH3 is 1. The largest absolute Gasteiger partial charge is 0.469 e. The van der Waals surface area contributed by atoms with Gasteiger partial charge >= 0.3 is 5.97 Å². The number of hydrogen-bond acceptors (Lipinski definition) is 6. The fourth-order valence-electron chi connectivity index (χ4n) is 1.41. The minimum absolute atomic E-state index is 0.0138. The van der Waals surface area contributed by atoms with Gasteiger partial charge in [-0.1, -0.05) is 0 Å². The number of anilines is 1. The number of carbonyl (C=O) groups excluding carboxylic acids is 1. The Kier molecular flexibility index (Phi) is 4.59. The summed E-state index contributed by atoms with van der Waals surface area (Å²) in [5.41, 5.74) is 0.523. The number of aryl methyl sites for hydroxylation is 1. The van der Waals surface area contributed by atoms with Crippen LogP contribution < -0.4 is 4.90 Å². The second-order valence-electron chi connectivity index (χ2n) is 3.83. The third-order valence-electron chi connectivity index (χ3n) is 2.54. The summed E-state index contributed by atoms with van der Waals surface area (Å²) in [6, 6.07) is 1.62. The van der Waals surface area contributed by atoms with E-state index in [0.29, 0.717) is 17.9 Å². The number of esters is 1. The van der Waals surface area contributed by atoms with Crippen LogP contribution in [0.4, 0.5) is 11.5 Å². The zero-order valence-electron chi connectivity index (χ0n) is 10.5. The highest BCUT2D eigenvalue weighted by Gasteiger charge is 2.13. The minimum atomic E-state index is -0.472. The van der Waals surface area contributed by atoms with E-state index in [1.807, 2.05) is 0 Å². The molecule has 0 spiro atoms. The molecule has 0 amide bonds. The quantitative estimate of drug-likeness (QED) is 0.446. The summed E-state index contributed by atoms with van der Waals surface area (Å²) in [5, 5.41) is 10.6. The molecule has 0 aliphatic carbocycles. The number of nitro groups is 1. The van der Waals surface area contributed by atoms with Crippen molar-refractivity contribution >= 4 is 17.5 Å². The standard InChI is InChI=1S/C11H15N3O4/c1-8-6-10(12-7-9(8)14(16)17)13(2)5-4-11(15)18-3/h6-7H,4-5H2,1-3H3. The van der Waals surface area contributed by atoms with Crippen LogP contribution in [0, 0.1) is 17.0 Å². The van der Waals surface area contributed by atoms with Crippen molar-refractivity contribution in [3.63, 3.8) is 0 Å². The van der Waals surface area contributed by atoms with Crippen LogP contribution in [0.15, 0.2) is 12.3 Å². The van der Waals surface area contributed by atoms with E-state index in [0.717, 1.165) is 0 Å². The smallest absolute Gasteiger partial charge is 0.307 e. The van der Waals surface area contributed by atoms with Gasteiger partial charge in [-0.25, -0.2) is 4.98 Å². The zero-order valence-corrected chi connectivity index (χ0v) is 10.5. The van der Waals surface area contributed by atoms with Crippen molar-refractivity contribution in [3.8, 4) is 0 Å². The first-order valence-corrected chi connectivity index (χ1v) is 5.34. The lowest BCUT2D eigenvalue weighted by Gasteiger charge is -2.17. The van der Waals surface area contributed by atoms with Gasteiger partial charge in [-0.3, -0.25) is 14.9 Å². The molecule has 1 aromatic rings. The Bertz CT molecular complexity index is 462. The van der Waals surface area contributed by atoms with E-state index in [9.17, 15) is 14.9 Å². The van der Waals surface area contributed by atoms with Crippen molar-refractivity contribution in [2.45, 2.75) is 13.3 Å². The molecule has 0 saturated heterocycles. The molecule has 0 fully saturated rings. The van der Waals surface area contributed by atoms with Gasteiger partial charge in [0, 0.05) is 19.2 Å². The second-order valence-corrected chi connectivity index (χ2v) is 3.83. The van der Waals surface area contributed by atoms with Crippen LogP contribution in [0.3, 0.4) is 0 Å². The van der Waals surface area contributed by atoms with E-state index in [1.54, 1.807) is 24.9 Å². The van der Waals surface area contributed by atoms with E-state index >= 15 is 0 Å². The molecule has 98 valence electrons. The molecule has 0 atom stereocenters. The molecule has 7 nitrogen and oxygen atoms in total. The Labute approximate surface area is 105 Å². The van der Waals surface area contributed by atoms with Crippen molar-refractivity contribution in [3.05, 3.63) is 27.9 Å². The lowest BCUT2D eigenvalue weighted by molar-refractivity contribution is -0.385. The molecular formula is C11H15N3O4. The monoisotopic (exact) mass is 253 g/mol. The van der Waals surface area contributed by atoms with Gasteiger partial charge in [0.1, 0.15) is 12.0 Å². The SMILES string of the molecule is COC(=O)CCN(C)c1cc(C)c([N+](=O)[O-])cn1. The van der Waals surface area contributed by atoms with Gasteiger partial charge in [-0.15, -0.1) is 0 Å². The van der Waals surface area contributed by atoms with Crippen molar-refractivity contribution in [1.29, 1.82) is 0 Å². The molecule has 0 radical (unpaired) electrons. The average molecular weight is 253 g/mol. The van der Waals surface area contributed by atoms with Gasteiger partial charge in [0.05, 0.1) is 18.5 Å². The Morgan fingerprint density at radius 1 is 1.61 bits per heavy atom. The number of hydrogen-bond donors (Lipinski definition) is 0. The number of ether oxygens (including phenoxy) is 1. The number of carbonyl (C=O) groups is 1. The van der Waals surface area contributed by atoms with Gasteiger partial charge in [0.25, 0.3) is 5.69 Å². The molecule has 18 heavy (non-hydrogen) atoms. The van der Waals surface area contributed by atoms with Gasteiger partial charge in [0.15, 0.2) is 0 Å². The van der Waals surface area contributed by atoms with Crippen LogP contribution in [0.25, 0.3) is 0 Å². The fraction of sp³-hybridized carbons (Fsp3) is 0.455. The molecule has 0 N–H and O–H groups in total. The second kappa shape index (κ2) is 5.95. The summed E-state index contributed by atoms with van der Waals surface area (Å²) in [6.07, 6.45) is 1.46. The summed E-state index contributed by atoms with van der Waals surface area (Å²) in [4.78, 5) is 26.9. The van der Waals surface area contributed by atoms with E-state index in [-0.39, 0.29) is 18.1 Å². The first-order valence-electron chi connectivity index (χ1n) is 5.34. The van der Waals surface area contributed by atoms with E-state index < -0.39 is 4.92 Å². The van der Waals surface area contributed by atoms with Crippen LogP contribution in [0.2, 0.25) is 0 Å². The molecule has 0 aliphatic rings. The normalized spacial score (nSPS) is 9.94. The molecule has 0 unspecified atom stereocenters. The number of pyridine rings is 1. The summed E-state index contributed by atoms with van der Waals surface area (Å²) >= 11 is 0. The van der Waals surface area contributed by atoms with Gasteiger partial charge in [-0.05, 0) is 13.0 Å². The molecular weight excluding hydrogens is 238 g/mol. The maximum Gasteiger partial charge on any atom is 0.307 e. The third kappa shape index (κ3) is 3.41. The van der Waals surface area contributed by atoms with E-state index in [1.165, 1.54) is 13.3 Å². The Morgan fingerprint density at radius 3 is 2.78 bits per heavy atom. The zero-order chi connectivity index (χ0) is 13.7. The average Bonchev–Trinajstić information content (AvgIpc) is 2.34. The Morgan fingerprint density at radius 2 is 2.28 bits per heavy atom. The first-order chi connectivity index (χ1) is 8.45. The van der Waals surface area contributed by atoms with E-state index in [2.05, 4.69) is 9.72 Å². The molecule has 1 rings (SSSR count). The minimum Gasteiger partial charge on any atom is -0.469 e. The predicted octanol–water partition coefficient (Wildman–Crippen LogP) is 1.30. The first kappa shape index (κ1) is 13.9. The van der Waals surface area contributed by atoms with Crippen LogP contribution in [0.5, 0.6) is 0 Å².